The zero-order valence-electron chi connectivity index (χ0n) is 29.7. The largest absolute Gasteiger partial charge is 0.457 e. The second-order valence-corrected chi connectivity index (χ2v) is 13.7. The predicted octanol–water partition coefficient (Wildman–Crippen LogP) is 4.13. The molecule has 0 spiro atoms. The zero-order valence-corrected chi connectivity index (χ0v) is 29.7. The minimum absolute atomic E-state index is 0.152. The van der Waals surface area contributed by atoms with Gasteiger partial charge < -0.3 is 34.8 Å². The summed E-state index contributed by atoms with van der Waals surface area (Å²) in [5.41, 5.74) is 12.1. The zero-order chi connectivity index (χ0) is 36.4. The third-order valence-corrected chi connectivity index (χ3v) is 10.3. The number of carbonyl (C=O) groups is 1. The Balaban J connectivity index is 0.767. The molecular weight excluding hydrogens is 692 g/mol. The van der Waals surface area contributed by atoms with E-state index < -0.39 is 6.23 Å². The SMILES string of the molecule is Nc1ncnc2c1c(-c1ccc(Oc3ccccc3)cc1)nn2C1CCN(CCC(=O)N2CCN(c3[c]c4c(cc3)ON(C3CCONO3)O4)CC2)CC1. The highest BCUT2D eigenvalue weighted by atomic mass is 17.0. The van der Waals surface area contributed by atoms with E-state index in [1.807, 2.05) is 76.3 Å². The van der Waals surface area contributed by atoms with Crippen LogP contribution in [0.4, 0.5) is 11.5 Å². The number of piperidine rings is 1. The van der Waals surface area contributed by atoms with Gasteiger partial charge in [-0.3, -0.25) is 14.5 Å². The molecule has 1 radical (unpaired) electrons. The second kappa shape index (κ2) is 15.1. The Bertz CT molecular complexity index is 2080. The van der Waals surface area contributed by atoms with Gasteiger partial charge in [0.05, 0.1) is 29.3 Å². The van der Waals surface area contributed by atoms with Crippen LogP contribution < -0.4 is 30.7 Å². The van der Waals surface area contributed by atoms with Gasteiger partial charge in [-0.2, -0.15) is 5.10 Å². The van der Waals surface area contributed by atoms with E-state index in [1.165, 1.54) is 11.6 Å². The number of ether oxygens (including phenoxy) is 1. The van der Waals surface area contributed by atoms with Crippen LogP contribution in [0.5, 0.6) is 23.0 Å². The van der Waals surface area contributed by atoms with Gasteiger partial charge in [0, 0.05) is 69.9 Å². The van der Waals surface area contributed by atoms with Gasteiger partial charge in [0.25, 0.3) is 0 Å². The first-order valence-corrected chi connectivity index (χ1v) is 18.4. The van der Waals surface area contributed by atoms with Crippen LogP contribution >= 0.6 is 0 Å². The van der Waals surface area contributed by atoms with Crippen LogP contribution in [-0.2, 0) is 14.5 Å². The Morgan fingerprint density at radius 3 is 2.48 bits per heavy atom. The molecule has 1 unspecified atom stereocenters. The Morgan fingerprint density at radius 1 is 0.907 bits per heavy atom. The number of hydrogen-bond acceptors (Lipinski definition) is 14. The Hall–Kier alpha value is -5.52. The van der Waals surface area contributed by atoms with Crippen LogP contribution in [0.15, 0.2) is 73.1 Å². The molecule has 9 rings (SSSR count). The van der Waals surface area contributed by atoms with Crippen LogP contribution in [0.25, 0.3) is 22.3 Å². The number of likely N-dealkylation sites (tertiary alicyclic amines) is 1. The smallest absolute Gasteiger partial charge is 0.223 e. The van der Waals surface area contributed by atoms with E-state index in [0.29, 0.717) is 62.9 Å². The molecule has 1 amide bonds. The maximum absolute atomic E-state index is 13.3. The van der Waals surface area contributed by atoms with Gasteiger partial charge in [-0.25, -0.2) is 14.6 Å². The number of nitrogens with zero attached hydrogens (tertiary/aromatic N) is 8. The molecule has 0 saturated carbocycles. The van der Waals surface area contributed by atoms with Gasteiger partial charge in [0.15, 0.2) is 11.4 Å². The van der Waals surface area contributed by atoms with E-state index in [1.54, 1.807) is 0 Å². The van der Waals surface area contributed by atoms with E-state index in [9.17, 15) is 4.79 Å². The Kier molecular flexibility index (Phi) is 9.57. The Morgan fingerprint density at radius 2 is 1.70 bits per heavy atom. The van der Waals surface area contributed by atoms with Crippen LogP contribution in [-0.4, -0.2) is 99.3 Å². The molecule has 3 saturated heterocycles. The van der Waals surface area contributed by atoms with E-state index >= 15 is 0 Å². The predicted molar refractivity (Wildman–Crippen MR) is 197 cm³/mol. The maximum Gasteiger partial charge on any atom is 0.223 e. The van der Waals surface area contributed by atoms with Crippen molar-refractivity contribution in [2.45, 2.75) is 38.0 Å². The highest BCUT2D eigenvalue weighted by Crippen LogP contribution is 2.39. The molecule has 0 bridgehead atoms. The van der Waals surface area contributed by atoms with Crippen LogP contribution in [0, 0.1) is 6.07 Å². The third-order valence-electron chi connectivity index (χ3n) is 10.3. The fourth-order valence-electron chi connectivity index (χ4n) is 7.35. The molecule has 2 aromatic heterocycles. The fourth-order valence-corrected chi connectivity index (χ4v) is 7.35. The van der Waals surface area contributed by atoms with Gasteiger partial charge >= 0.3 is 0 Å². The summed E-state index contributed by atoms with van der Waals surface area (Å²) in [6.45, 7) is 5.65. The number of aromatic nitrogens is 4. The number of anilines is 2. The van der Waals surface area contributed by atoms with Crippen molar-refractivity contribution in [3.05, 3.63) is 79.1 Å². The first kappa shape index (κ1) is 34.3. The van der Waals surface area contributed by atoms with Gasteiger partial charge in [0.2, 0.25) is 17.9 Å². The highest BCUT2D eigenvalue weighted by molar-refractivity contribution is 5.98. The molecule has 0 aliphatic carbocycles. The van der Waals surface area contributed by atoms with E-state index in [2.05, 4.69) is 31.5 Å². The fraction of sp³-hybridized carbons (Fsp3) is 0.368. The molecule has 3 N–H and O–H groups in total. The maximum atomic E-state index is 13.3. The lowest BCUT2D eigenvalue weighted by Crippen LogP contribution is -2.49. The summed E-state index contributed by atoms with van der Waals surface area (Å²) in [4.78, 5) is 50.7. The van der Waals surface area contributed by atoms with Gasteiger partial charge in [-0.15, -0.1) is 0 Å². The number of rotatable bonds is 9. The first-order chi connectivity index (χ1) is 26.6. The summed E-state index contributed by atoms with van der Waals surface area (Å²) in [5, 5.41) is 7.13. The molecule has 16 heteroatoms. The number of carbonyl (C=O) groups excluding carboxylic acids is 1. The second-order valence-electron chi connectivity index (χ2n) is 13.7. The van der Waals surface area contributed by atoms with Crippen LogP contribution in [0.1, 0.15) is 31.7 Å². The number of nitrogen functional groups attached to an aromatic ring is 1. The van der Waals surface area contributed by atoms with Crippen molar-refractivity contribution in [1.82, 2.24) is 40.4 Å². The molecule has 6 heterocycles. The summed E-state index contributed by atoms with van der Waals surface area (Å²) in [6, 6.07) is 24.8. The number of nitrogens with two attached hydrogens (primary N) is 1. The van der Waals surface area contributed by atoms with Gasteiger partial charge in [-0.1, -0.05) is 23.8 Å². The number of hydroxylamine groups is 2. The first-order valence-electron chi connectivity index (χ1n) is 18.4. The molecule has 1 atom stereocenters. The number of piperazine rings is 1. The number of fused-ring (bicyclic) bond motifs is 2. The molecule has 4 aliphatic heterocycles. The van der Waals surface area contributed by atoms with Crippen molar-refractivity contribution in [3.63, 3.8) is 0 Å². The average molecular weight is 734 g/mol. The molecule has 4 aliphatic rings. The number of para-hydroxylation sites is 1. The van der Waals surface area contributed by atoms with Crippen molar-refractivity contribution in [2.24, 2.45) is 0 Å². The summed E-state index contributed by atoms with van der Waals surface area (Å²) >= 11 is 0. The summed E-state index contributed by atoms with van der Waals surface area (Å²) < 4.78 is 8.01. The number of nitrogens with one attached hydrogen (secondary N) is 1. The summed E-state index contributed by atoms with van der Waals surface area (Å²) in [7, 11) is 0. The van der Waals surface area contributed by atoms with Crippen molar-refractivity contribution < 1.29 is 28.9 Å². The van der Waals surface area contributed by atoms with E-state index in [0.717, 1.165) is 72.0 Å². The third kappa shape index (κ3) is 7.09. The Labute approximate surface area is 311 Å². The molecule has 54 heavy (non-hydrogen) atoms. The topological polar surface area (TPSA) is 158 Å². The monoisotopic (exact) mass is 733 g/mol. The lowest BCUT2D eigenvalue weighted by molar-refractivity contribution is -0.376. The normalized spacial score (nSPS) is 19.7. The lowest BCUT2D eigenvalue weighted by atomic mass is 10.0. The molecule has 5 aromatic rings. The standard InChI is InChI=1S/C38H41N10O6/c39-37-35-36(26-6-9-30(10-7-26)51-29-4-2-1-3-5-29)42-47(38(35)41-25-40-37)27-12-16-44(17-13-27)18-14-33(49)46-21-19-45(20-22-46)28-8-11-31-32(24-28)54-48(53-31)34-15-23-50-43-52-34/h1-11,25,27,34,43H,12-23H2,(H2,39,40,41). The van der Waals surface area contributed by atoms with Crippen LogP contribution in [0.3, 0.4) is 0 Å². The van der Waals surface area contributed by atoms with Crippen molar-refractivity contribution in [3.8, 4) is 34.3 Å². The minimum Gasteiger partial charge on any atom is -0.457 e. The van der Waals surface area contributed by atoms with Crippen molar-refractivity contribution in [1.29, 1.82) is 0 Å². The van der Waals surface area contributed by atoms with Gasteiger partial charge in [-0.05, 0) is 61.4 Å². The van der Waals surface area contributed by atoms with E-state index in [-0.39, 0.29) is 11.9 Å². The van der Waals surface area contributed by atoms with Gasteiger partial charge in [0.1, 0.15) is 29.3 Å². The summed E-state index contributed by atoms with van der Waals surface area (Å²) in [6.07, 6.45) is 3.91. The quantitative estimate of drug-likeness (QED) is 0.223. The number of amides is 1. The van der Waals surface area contributed by atoms with Crippen LogP contribution in [0.2, 0.25) is 0 Å². The number of benzene rings is 3. The highest BCUT2D eigenvalue weighted by Gasteiger charge is 2.34. The molecular formula is C38H41N10O6. The molecule has 3 fully saturated rings. The van der Waals surface area contributed by atoms with Crippen molar-refractivity contribution in [2.75, 3.05) is 63.1 Å². The molecule has 16 nitrogen and oxygen atoms in total. The average Bonchev–Trinajstić information content (AvgIpc) is 3.84. The lowest BCUT2D eigenvalue weighted by Gasteiger charge is -2.37. The molecule has 3 aromatic carbocycles. The minimum atomic E-state index is -0.444. The van der Waals surface area contributed by atoms with Crippen molar-refractivity contribution >= 4 is 28.4 Å². The van der Waals surface area contributed by atoms with E-state index in [4.69, 9.17) is 34.9 Å². The number of hydrogen-bond donors (Lipinski definition) is 2. The summed E-state index contributed by atoms with van der Waals surface area (Å²) in [5.74, 6) is 3.18. The molecule has 279 valence electrons.